The van der Waals surface area contributed by atoms with Crippen LogP contribution in [0.3, 0.4) is 0 Å². The largest absolute Gasteiger partial charge is 0.484 e. The Kier molecular flexibility index (Phi) is 5.20. The minimum absolute atomic E-state index is 0.0175. The van der Waals surface area contributed by atoms with Gasteiger partial charge in [-0.3, -0.25) is 4.79 Å². The Balaban J connectivity index is 1.24. The predicted octanol–water partition coefficient (Wildman–Crippen LogP) is 5.71. The molecular weight excluding hydrogens is 392 g/mol. The molecule has 3 aromatic carbocycles. The van der Waals surface area contributed by atoms with E-state index < -0.39 is 0 Å². The zero-order chi connectivity index (χ0) is 20.3. The molecule has 2 heterocycles. The molecule has 4 aromatic rings. The minimum Gasteiger partial charge on any atom is -0.484 e. The van der Waals surface area contributed by atoms with E-state index in [2.05, 4.69) is 18.2 Å². The number of likely N-dealkylation sites (tertiary alicyclic amines) is 1. The maximum absolute atomic E-state index is 12.9. The third kappa shape index (κ3) is 3.81. The van der Waals surface area contributed by atoms with Crippen molar-refractivity contribution in [2.24, 2.45) is 0 Å². The molecule has 0 spiro atoms. The van der Waals surface area contributed by atoms with Crippen LogP contribution in [0.25, 0.3) is 21.3 Å². The lowest BCUT2D eigenvalue weighted by Crippen LogP contribution is -2.34. The smallest absolute Gasteiger partial charge is 0.261 e. The fraction of sp³-hybridized carbons (Fsp3) is 0.200. The molecule has 0 bridgehead atoms. The summed E-state index contributed by atoms with van der Waals surface area (Å²) in [5.41, 5.74) is 3.30. The lowest BCUT2D eigenvalue weighted by molar-refractivity contribution is -0.134. The zero-order valence-electron chi connectivity index (χ0n) is 16.5. The van der Waals surface area contributed by atoms with Crippen LogP contribution < -0.4 is 4.74 Å². The van der Waals surface area contributed by atoms with Crippen molar-refractivity contribution >= 4 is 27.5 Å². The van der Waals surface area contributed by atoms with Crippen LogP contribution in [0.15, 0.2) is 78.9 Å². The van der Waals surface area contributed by atoms with Crippen molar-refractivity contribution in [3.8, 4) is 16.9 Å². The molecule has 150 valence electrons. The molecule has 0 radical (unpaired) electrons. The first-order chi connectivity index (χ1) is 14.8. The molecule has 0 aliphatic carbocycles. The van der Waals surface area contributed by atoms with E-state index in [9.17, 15) is 4.79 Å². The fourth-order valence-electron chi connectivity index (χ4n) is 3.96. The Labute approximate surface area is 179 Å². The van der Waals surface area contributed by atoms with Gasteiger partial charge in [0.2, 0.25) is 0 Å². The molecule has 0 unspecified atom stereocenters. The number of thiazole rings is 1. The van der Waals surface area contributed by atoms with Gasteiger partial charge in [-0.15, -0.1) is 11.3 Å². The predicted molar refractivity (Wildman–Crippen MR) is 121 cm³/mol. The van der Waals surface area contributed by atoms with Gasteiger partial charge in [0.1, 0.15) is 10.8 Å². The standard InChI is InChI=1S/C25H22N2O2S/c28-24(17-29-20-14-12-19(13-15-20)18-7-2-1-3-8-18)27-16-6-10-22(27)25-26-21-9-4-5-11-23(21)30-25/h1-5,7-9,11-15,22H,6,10,16-17H2/t22-/m1/s1. The van der Waals surface area contributed by atoms with Crippen molar-refractivity contribution in [3.63, 3.8) is 0 Å². The first-order valence-corrected chi connectivity index (χ1v) is 11.0. The monoisotopic (exact) mass is 414 g/mol. The number of hydrogen-bond acceptors (Lipinski definition) is 4. The Morgan fingerprint density at radius 2 is 1.70 bits per heavy atom. The summed E-state index contributed by atoms with van der Waals surface area (Å²) < 4.78 is 6.97. The van der Waals surface area contributed by atoms with E-state index in [0.717, 1.165) is 41.0 Å². The van der Waals surface area contributed by atoms with E-state index >= 15 is 0 Å². The van der Waals surface area contributed by atoms with E-state index in [4.69, 9.17) is 9.72 Å². The van der Waals surface area contributed by atoms with Crippen LogP contribution in [-0.4, -0.2) is 28.9 Å². The Morgan fingerprint density at radius 3 is 2.50 bits per heavy atom. The van der Waals surface area contributed by atoms with Gasteiger partial charge in [-0.2, -0.15) is 0 Å². The summed E-state index contributed by atoms with van der Waals surface area (Å²) in [6, 6.07) is 26.3. The van der Waals surface area contributed by atoms with Crippen molar-refractivity contribution in [1.82, 2.24) is 9.88 Å². The van der Waals surface area contributed by atoms with Crippen molar-refractivity contribution in [2.75, 3.05) is 13.2 Å². The Bertz CT molecular complexity index is 1120. The van der Waals surface area contributed by atoms with Gasteiger partial charge in [0, 0.05) is 6.54 Å². The average Bonchev–Trinajstić information content (AvgIpc) is 3.45. The van der Waals surface area contributed by atoms with E-state index in [1.54, 1.807) is 11.3 Å². The number of benzene rings is 3. The normalized spacial score (nSPS) is 16.1. The van der Waals surface area contributed by atoms with Crippen LogP contribution in [0.5, 0.6) is 5.75 Å². The highest BCUT2D eigenvalue weighted by atomic mass is 32.1. The summed E-state index contributed by atoms with van der Waals surface area (Å²) in [4.78, 5) is 19.6. The van der Waals surface area contributed by atoms with Crippen LogP contribution in [0.1, 0.15) is 23.9 Å². The molecular formula is C25H22N2O2S. The van der Waals surface area contributed by atoms with Crippen molar-refractivity contribution in [1.29, 1.82) is 0 Å². The van der Waals surface area contributed by atoms with Crippen LogP contribution in [0.4, 0.5) is 0 Å². The van der Waals surface area contributed by atoms with E-state index in [-0.39, 0.29) is 18.6 Å². The quantitative estimate of drug-likeness (QED) is 0.420. The average molecular weight is 415 g/mol. The maximum Gasteiger partial charge on any atom is 0.261 e. The number of aromatic nitrogens is 1. The van der Waals surface area contributed by atoms with Crippen LogP contribution in [0.2, 0.25) is 0 Å². The third-order valence-corrected chi connectivity index (χ3v) is 6.63. The highest BCUT2D eigenvalue weighted by Gasteiger charge is 2.32. The topological polar surface area (TPSA) is 42.4 Å². The summed E-state index contributed by atoms with van der Waals surface area (Å²) >= 11 is 1.68. The summed E-state index contributed by atoms with van der Waals surface area (Å²) in [6.07, 6.45) is 1.95. The molecule has 0 saturated carbocycles. The molecule has 5 rings (SSSR count). The van der Waals surface area contributed by atoms with Crippen LogP contribution in [0, 0.1) is 0 Å². The maximum atomic E-state index is 12.9. The molecule has 1 aliphatic heterocycles. The summed E-state index contributed by atoms with van der Waals surface area (Å²) in [6.45, 7) is 0.807. The lowest BCUT2D eigenvalue weighted by Gasteiger charge is -2.23. The van der Waals surface area contributed by atoms with Crippen LogP contribution >= 0.6 is 11.3 Å². The van der Waals surface area contributed by atoms with E-state index in [1.165, 1.54) is 4.70 Å². The molecule has 1 fully saturated rings. The highest BCUT2D eigenvalue weighted by Crippen LogP contribution is 2.36. The lowest BCUT2D eigenvalue weighted by atomic mass is 10.1. The second-order valence-corrected chi connectivity index (χ2v) is 8.51. The molecule has 5 heteroatoms. The minimum atomic E-state index is 0.0175. The molecule has 1 saturated heterocycles. The number of rotatable bonds is 5. The van der Waals surface area contributed by atoms with E-state index in [1.807, 2.05) is 65.6 Å². The molecule has 0 N–H and O–H groups in total. The van der Waals surface area contributed by atoms with Gasteiger partial charge < -0.3 is 9.64 Å². The van der Waals surface area contributed by atoms with Gasteiger partial charge in [-0.25, -0.2) is 4.98 Å². The molecule has 4 nitrogen and oxygen atoms in total. The van der Waals surface area contributed by atoms with Crippen LogP contribution in [-0.2, 0) is 4.79 Å². The fourth-order valence-corrected chi connectivity index (χ4v) is 5.07. The number of amides is 1. The number of carbonyl (C=O) groups is 1. The summed E-state index contributed by atoms with van der Waals surface area (Å²) in [5, 5.41) is 1.02. The van der Waals surface area contributed by atoms with Gasteiger partial charge in [0.25, 0.3) is 5.91 Å². The number of carbonyl (C=O) groups excluding carboxylic acids is 1. The zero-order valence-corrected chi connectivity index (χ0v) is 17.3. The summed E-state index contributed by atoms with van der Waals surface area (Å²) in [7, 11) is 0. The first-order valence-electron chi connectivity index (χ1n) is 10.2. The summed E-state index contributed by atoms with van der Waals surface area (Å²) in [5.74, 6) is 0.725. The van der Waals surface area contributed by atoms with Gasteiger partial charge in [0.15, 0.2) is 6.61 Å². The van der Waals surface area contributed by atoms with Gasteiger partial charge in [-0.1, -0.05) is 54.6 Å². The first kappa shape index (κ1) is 18.8. The van der Waals surface area contributed by atoms with Gasteiger partial charge in [-0.05, 0) is 48.2 Å². The molecule has 1 atom stereocenters. The number of hydrogen-bond donors (Lipinski definition) is 0. The number of nitrogens with zero attached hydrogens (tertiary/aromatic N) is 2. The molecule has 30 heavy (non-hydrogen) atoms. The SMILES string of the molecule is O=C(COc1ccc(-c2ccccc2)cc1)N1CCC[C@@H]1c1nc2ccccc2s1. The second kappa shape index (κ2) is 8.28. The molecule has 1 aliphatic rings. The van der Waals surface area contributed by atoms with Gasteiger partial charge >= 0.3 is 0 Å². The Morgan fingerprint density at radius 1 is 0.967 bits per heavy atom. The number of ether oxygens (including phenoxy) is 1. The van der Waals surface area contributed by atoms with Crippen molar-refractivity contribution < 1.29 is 9.53 Å². The number of fused-ring (bicyclic) bond motifs is 1. The van der Waals surface area contributed by atoms with Gasteiger partial charge in [0.05, 0.1) is 16.3 Å². The van der Waals surface area contributed by atoms with E-state index in [0.29, 0.717) is 5.75 Å². The third-order valence-electron chi connectivity index (χ3n) is 5.49. The second-order valence-electron chi connectivity index (χ2n) is 7.44. The molecule has 1 amide bonds. The highest BCUT2D eigenvalue weighted by molar-refractivity contribution is 7.18. The Hall–Kier alpha value is -3.18. The molecule has 1 aromatic heterocycles. The number of para-hydroxylation sites is 1. The van der Waals surface area contributed by atoms with Crippen molar-refractivity contribution in [3.05, 3.63) is 83.9 Å². The van der Waals surface area contributed by atoms with Crippen molar-refractivity contribution in [2.45, 2.75) is 18.9 Å².